The zero-order chi connectivity index (χ0) is 13.7. The molecule has 0 spiro atoms. The molecule has 5 heteroatoms. The molecule has 0 atom stereocenters. The quantitative estimate of drug-likeness (QED) is 0.506. The van der Waals surface area contributed by atoms with E-state index in [-0.39, 0.29) is 12.2 Å². The van der Waals surface area contributed by atoms with Crippen LogP contribution in [0.2, 0.25) is 0 Å². The number of nitrogens with one attached hydrogen (secondary N) is 1. The topological polar surface area (TPSA) is 58.4 Å². The van der Waals surface area contributed by atoms with Crippen LogP contribution in [-0.4, -0.2) is 11.0 Å². The number of benzene rings is 2. The lowest BCUT2D eigenvalue weighted by atomic mass is 10.2. The molecule has 0 unspecified atom stereocenters. The molecule has 2 aromatic carbocycles. The summed E-state index contributed by atoms with van der Waals surface area (Å²) in [6.45, 7) is 0.251. The van der Waals surface area contributed by atoms with Crippen LogP contribution in [0, 0.1) is 5.82 Å². The Morgan fingerprint density at radius 2 is 1.74 bits per heavy atom. The number of para-hydroxylation sites is 1. The Hall–Kier alpha value is -2.40. The largest absolute Gasteiger partial charge is 0.336 e. The first-order valence-corrected chi connectivity index (χ1v) is 5.78. The molecule has 2 amide bonds. The van der Waals surface area contributed by atoms with Crippen molar-refractivity contribution in [2.45, 2.75) is 6.54 Å². The minimum atomic E-state index is -0.561. The molecule has 0 bridgehead atoms. The zero-order valence-corrected chi connectivity index (χ0v) is 10.2. The molecule has 0 aliphatic heterocycles. The molecule has 4 nitrogen and oxygen atoms in total. The van der Waals surface area contributed by atoms with Crippen LogP contribution in [0.4, 0.5) is 14.9 Å². The van der Waals surface area contributed by atoms with E-state index in [0.717, 1.165) is 10.6 Å². The first-order chi connectivity index (χ1) is 9.16. The summed E-state index contributed by atoms with van der Waals surface area (Å²) < 4.78 is 13.4. The van der Waals surface area contributed by atoms with Gasteiger partial charge in [0.1, 0.15) is 5.82 Å². The monoisotopic (exact) mass is 259 g/mol. The van der Waals surface area contributed by atoms with Gasteiger partial charge in [0.2, 0.25) is 0 Å². The lowest BCUT2D eigenvalue weighted by Gasteiger charge is -2.17. The standard InChI is InChI=1S/C14H14FN3O/c15-12-8-4-5-9-13(12)17-14(19)18(16)10-11-6-2-1-3-7-11/h1-9H,10,16H2,(H,17,19). The third-order valence-corrected chi connectivity index (χ3v) is 2.57. The molecular weight excluding hydrogens is 245 g/mol. The highest BCUT2D eigenvalue weighted by molar-refractivity contribution is 5.88. The maximum atomic E-state index is 13.4. The molecule has 0 heterocycles. The minimum absolute atomic E-state index is 0.107. The summed E-state index contributed by atoms with van der Waals surface area (Å²) in [7, 11) is 0. The summed E-state index contributed by atoms with van der Waals surface area (Å²) in [6.07, 6.45) is 0. The second-order valence-corrected chi connectivity index (χ2v) is 4.02. The predicted octanol–water partition coefficient (Wildman–Crippen LogP) is 2.73. The number of hydrazine groups is 1. The Bertz CT molecular complexity index is 560. The maximum Gasteiger partial charge on any atom is 0.336 e. The molecule has 98 valence electrons. The van der Waals surface area contributed by atoms with Crippen molar-refractivity contribution in [1.29, 1.82) is 0 Å². The van der Waals surface area contributed by atoms with Crippen LogP contribution < -0.4 is 11.2 Å². The number of anilines is 1. The van der Waals surface area contributed by atoms with E-state index in [9.17, 15) is 9.18 Å². The number of hydrogen-bond donors (Lipinski definition) is 2. The highest BCUT2D eigenvalue weighted by Gasteiger charge is 2.11. The van der Waals surface area contributed by atoms with Crippen molar-refractivity contribution in [2.75, 3.05) is 5.32 Å². The van der Waals surface area contributed by atoms with Gasteiger partial charge < -0.3 is 5.32 Å². The smallest absolute Gasteiger partial charge is 0.304 e. The molecule has 0 aliphatic carbocycles. The van der Waals surface area contributed by atoms with Crippen molar-refractivity contribution in [3.05, 3.63) is 66.0 Å². The van der Waals surface area contributed by atoms with Gasteiger partial charge in [-0.1, -0.05) is 42.5 Å². The van der Waals surface area contributed by atoms with Crippen LogP contribution in [0.25, 0.3) is 0 Å². The normalized spacial score (nSPS) is 10.0. The molecule has 19 heavy (non-hydrogen) atoms. The Morgan fingerprint density at radius 3 is 2.42 bits per heavy atom. The van der Waals surface area contributed by atoms with Gasteiger partial charge in [0.05, 0.1) is 12.2 Å². The van der Waals surface area contributed by atoms with Crippen molar-refractivity contribution in [2.24, 2.45) is 5.84 Å². The van der Waals surface area contributed by atoms with Crippen LogP contribution in [0.5, 0.6) is 0 Å². The Morgan fingerprint density at radius 1 is 1.11 bits per heavy atom. The van der Waals surface area contributed by atoms with E-state index in [1.165, 1.54) is 12.1 Å². The van der Waals surface area contributed by atoms with E-state index in [1.54, 1.807) is 12.1 Å². The van der Waals surface area contributed by atoms with Crippen molar-refractivity contribution in [3.63, 3.8) is 0 Å². The fourth-order valence-electron chi connectivity index (χ4n) is 1.60. The van der Waals surface area contributed by atoms with Gasteiger partial charge in [0.25, 0.3) is 0 Å². The fourth-order valence-corrected chi connectivity index (χ4v) is 1.60. The van der Waals surface area contributed by atoms with Gasteiger partial charge in [-0.3, -0.25) is 5.01 Å². The summed E-state index contributed by atoms with van der Waals surface area (Å²) in [4.78, 5) is 11.8. The summed E-state index contributed by atoms with van der Waals surface area (Å²) in [5, 5.41) is 3.42. The van der Waals surface area contributed by atoms with Crippen molar-refractivity contribution < 1.29 is 9.18 Å². The molecule has 0 aliphatic rings. The molecule has 2 rings (SSSR count). The number of amides is 2. The number of halogens is 1. The van der Waals surface area contributed by atoms with Gasteiger partial charge in [-0.25, -0.2) is 15.0 Å². The second-order valence-electron chi connectivity index (χ2n) is 4.02. The third kappa shape index (κ3) is 3.53. The van der Waals surface area contributed by atoms with E-state index in [1.807, 2.05) is 30.3 Å². The number of rotatable bonds is 3. The van der Waals surface area contributed by atoms with Gasteiger partial charge in [0.15, 0.2) is 0 Å². The van der Waals surface area contributed by atoms with E-state index < -0.39 is 11.8 Å². The summed E-state index contributed by atoms with van der Waals surface area (Å²) in [6, 6.07) is 14.7. The average Bonchev–Trinajstić information content (AvgIpc) is 2.42. The van der Waals surface area contributed by atoms with Crippen LogP contribution in [0.1, 0.15) is 5.56 Å². The number of nitrogens with zero attached hydrogens (tertiary/aromatic N) is 1. The van der Waals surface area contributed by atoms with Gasteiger partial charge in [-0.2, -0.15) is 0 Å². The van der Waals surface area contributed by atoms with Crippen LogP contribution in [-0.2, 0) is 6.54 Å². The molecule has 0 saturated heterocycles. The number of urea groups is 1. The Balaban J connectivity index is 1.99. The maximum absolute atomic E-state index is 13.4. The van der Waals surface area contributed by atoms with Crippen LogP contribution in [0.3, 0.4) is 0 Å². The summed E-state index contributed by atoms with van der Waals surface area (Å²) >= 11 is 0. The molecule has 0 saturated carbocycles. The lowest BCUT2D eigenvalue weighted by Crippen LogP contribution is -2.40. The van der Waals surface area contributed by atoms with Gasteiger partial charge in [-0.15, -0.1) is 0 Å². The van der Waals surface area contributed by atoms with E-state index in [0.29, 0.717) is 0 Å². The third-order valence-electron chi connectivity index (χ3n) is 2.57. The molecule has 0 radical (unpaired) electrons. The molecular formula is C14H14FN3O. The summed E-state index contributed by atoms with van der Waals surface area (Å²) in [5.41, 5.74) is 1.00. The number of hydrogen-bond acceptors (Lipinski definition) is 2. The highest BCUT2D eigenvalue weighted by atomic mass is 19.1. The number of nitrogens with two attached hydrogens (primary N) is 1. The Kier molecular flexibility index (Phi) is 4.10. The fraction of sp³-hybridized carbons (Fsp3) is 0.0714. The van der Waals surface area contributed by atoms with Crippen LogP contribution >= 0.6 is 0 Å². The zero-order valence-electron chi connectivity index (χ0n) is 10.2. The highest BCUT2D eigenvalue weighted by Crippen LogP contribution is 2.13. The Labute approximate surface area is 110 Å². The first-order valence-electron chi connectivity index (χ1n) is 5.78. The minimum Gasteiger partial charge on any atom is -0.304 e. The first kappa shape index (κ1) is 13.0. The SMILES string of the molecule is NN(Cc1ccccc1)C(=O)Nc1ccccc1F. The van der Waals surface area contributed by atoms with E-state index >= 15 is 0 Å². The molecule has 0 aromatic heterocycles. The second kappa shape index (κ2) is 5.97. The predicted molar refractivity (Wildman–Crippen MR) is 71.6 cm³/mol. The average molecular weight is 259 g/mol. The van der Waals surface area contributed by atoms with Gasteiger partial charge in [0, 0.05) is 0 Å². The van der Waals surface area contributed by atoms with Crippen molar-refractivity contribution in [1.82, 2.24) is 5.01 Å². The van der Waals surface area contributed by atoms with E-state index in [2.05, 4.69) is 5.32 Å². The number of carbonyl (C=O) groups excluding carboxylic acids is 1. The van der Waals surface area contributed by atoms with Gasteiger partial charge >= 0.3 is 6.03 Å². The van der Waals surface area contributed by atoms with Crippen LogP contribution in [0.15, 0.2) is 54.6 Å². The summed E-state index contributed by atoms with van der Waals surface area (Å²) in [5.74, 6) is 5.15. The number of carbonyl (C=O) groups is 1. The lowest BCUT2D eigenvalue weighted by molar-refractivity contribution is 0.210. The van der Waals surface area contributed by atoms with Crippen molar-refractivity contribution in [3.8, 4) is 0 Å². The molecule has 2 aromatic rings. The van der Waals surface area contributed by atoms with Gasteiger partial charge in [-0.05, 0) is 17.7 Å². The van der Waals surface area contributed by atoms with E-state index in [4.69, 9.17) is 5.84 Å². The molecule has 0 fully saturated rings. The molecule has 3 N–H and O–H groups in total. The van der Waals surface area contributed by atoms with Crippen molar-refractivity contribution >= 4 is 11.7 Å².